The van der Waals surface area contributed by atoms with E-state index in [0.717, 1.165) is 35.7 Å². The molecule has 1 unspecified atom stereocenters. The molecule has 4 nitrogen and oxygen atoms in total. The quantitative estimate of drug-likeness (QED) is 0.631. The molecule has 0 spiro atoms. The van der Waals surface area contributed by atoms with Gasteiger partial charge in [0.2, 0.25) is 0 Å². The Morgan fingerprint density at radius 1 is 1.24 bits per heavy atom. The smallest absolute Gasteiger partial charge is 0.321 e. The molecule has 1 saturated heterocycles. The van der Waals surface area contributed by atoms with Gasteiger partial charge in [-0.25, -0.2) is 0 Å². The predicted octanol–water partition coefficient (Wildman–Crippen LogP) is 4.95. The van der Waals surface area contributed by atoms with Crippen LogP contribution in [0.5, 0.6) is 5.75 Å². The summed E-state index contributed by atoms with van der Waals surface area (Å²) in [5.74, 6) is 5.62. The fourth-order valence-electron chi connectivity index (χ4n) is 3.41. The van der Waals surface area contributed by atoms with Gasteiger partial charge in [-0.15, -0.1) is 17.7 Å². The van der Waals surface area contributed by atoms with Crippen LogP contribution < -0.4 is 4.74 Å². The number of carboxylic acid groups (broad SMARTS) is 1. The van der Waals surface area contributed by atoms with Crippen LogP contribution in [0, 0.1) is 11.8 Å². The third-order valence-corrected chi connectivity index (χ3v) is 6.53. The number of hydrogen-bond acceptors (Lipinski definition) is 4. The SMILES string of the molecule is CC#CCOc1ccc(SC2(C(=O)O)CCCN(Cc3ccc(Cl)cc3)C2)cc1. The predicted molar refractivity (Wildman–Crippen MR) is 118 cm³/mol. The summed E-state index contributed by atoms with van der Waals surface area (Å²) in [4.78, 5) is 15.4. The Morgan fingerprint density at radius 2 is 1.97 bits per heavy atom. The maximum Gasteiger partial charge on any atom is 0.321 e. The van der Waals surface area contributed by atoms with Gasteiger partial charge in [0.05, 0.1) is 0 Å². The van der Waals surface area contributed by atoms with E-state index in [2.05, 4.69) is 16.7 Å². The van der Waals surface area contributed by atoms with Crippen molar-refractivity contribution in [2.75, 3.05) is 19.7 Å². The normalized spacial score (nSPS) is 19.2. The van der Waals surface area contributed by atoms with Crippen LogP contribution in [0.2, 0.25) is 5.02 Å². The Bertz CT molecular complexity index is 889. The third kappa shape index (κ3) is 5.93. The number of hydrogen-bond donors (Lipinski definition) is 1. The van der Waals surface area contributed by atoms with E-state index < -0.39 is 10.7 Å². The maximum atomic E-state index is 12.3. The van der Waals surface area contributed by atoms with E-state index in [0.29, 0.717) is 24.6 Å². The van der Waals surface area contributed by atoms with Gasteiger partial charge in [0.15, 0.2) is 0 Å². The highest BCUT2D eigenvalue weighted by molar-refractivity contribution is 8.01. The average molecular weight is 430 g/mol. The van der Waals surface area contributed by atoms with E-state index in [-0.39, 0.29) is 0 Å². The Labute approximate surface area is 181 Å². The number of likely N-dealkylation sites (tertiary alicyclic amines) is 1. The van der Waals surface area contributed by atoms with Crippen LogP contribution in [0.15, 0.2) is 53.4 Å². The molecule has 1 fully saturated rings. The molecule has 1 N–H and O–H groups in total. The van der Waals surface area contributed by atoms with E-state index in [1.807, 2.05) is 48.5 Å². The van der Waals surface area contributed by atoms with Crippen molar-refractivity contribution >= 4 is 29.3 Å². The second kappa shape index (κ2) is 10.1. The molecule has 1 aliphatic heterocycles. The van der Waals surface area contributed by atoms with Crippen LogP contribution in [0.4, 0.5) is 0 Å². The second-order valence-corrected chi connectivity index (χ2v) is 8.92. The lowest BCUT2D eigenvalue weighted by atomic mass is 9.96. The number of rotatable bonds is 7. The van der Waals surface area contributed by atoms with Gasteiger partial charge < -0.3 is 9.84 Å². The van der Waals surface area contributed by atoms with Crippen molar-refractivity contribution < 1.29 is 14.6 Å². The van der Waals surface area contributed by atoms with Gasteiger partial charge in [0, 0.05) is 23.0 Å². The molecule has 2 aromatic carbocycles. The van der Waals surface area contributed by atoms with Crippen LogP contribution in [0.1, 0.15) is 25.3 Å². The molecule has 0 bridgehead atoms. The topological polar surface area (TPSA) is 49.8 Å². The monoisotopic (exact) mass is 429 g/mol. The second-order valence-electron chi connectivity index (χ2n) is 7.03. The van der Waals surface area contributed by atoms with Gasteiger partial charge in [0.25, 0.3) is 0 Å². The van der Waals surface area contributed by atoms with E-state index in [9.17, 15) is 9.90 Å². The standard InChI is InChI=1S/C23H24ClNO3S/c1-2-3-15-28-20-9-11-21(12-10-20)29-23(22(26)27)13-4-14-25(17-23)16-18-5-7-19(24)8-6-18/h5-12H,4,13-17H2,1H3,(H,26,27). The lowest BCUT2D eigenvalue weighted by Crippen LogP contribution is -2.50. The van der Waals surface area contributed by atoms with Crippen LogP contribution in [-0.4, -0.2) is 40.4 Å². The number of piperidine rings is 1. The minimum atomic E-state index is -0.860. The first-order valence-corrected chi connectivity index (χ1v) is 10.7. The minimum Gasteiger partial charge on any atom is -0.481 e. The van der Waals surface area contributed by atoms with Gasteiger partial charge in [-0.3, -0.25) is 9.69 Å². The molecule has 6 heteroatoms. The van der Waals surface area contributed by atoms with Crippen molar-refractivity contribution in [3.05, 3.63) is 59.1 Å². The zero-order valence-corrected chi connectivity index (χ0v) is 17.9. The molecule has 0 radical (unpaired) electrons. The first-order chi connectivity index (χ1) is 14.0. The van der Waals surface area contributed by atoms with Crippen molar-refractivity contribution in [2.24, 2.45) is 0 Å². The molecule has 2 aromatic rings. The van der Waals surface area contributed by atoms with E-state index in [1.54, 1.807) is 6.92 Å². The Kier molecular flexibility index (Phi) is 7.49. The summed E-state index contributed by atoms with van der Waals surface area (Å²) in [5, 5.41) is 10.8. The molecular weight excluding hydrogens is 406 g/mol. The highest BCUT2D eigenvalue weighted by atomic mass is 35.5. The van der Waals surface area contributed by atoms with Crippen LogP contribution in [-0.2, 0) is 11.3 Å². The van der Waals surface area contributed by atoms with Crippen molar-refractivity contribution in [3.63, 3.8) is 0 Å². The van der Waals surface area contributed by atoms with Crippen molar-refractivity contribution in [3.8, 4) is 17.6 Å². The molecule has 0 amide bonds. The lowest BCUT2D eigenvalue weighted by Gasteiger charge is -2.39. The number of carboxylic acids is 1. The zero-order chi connectivity index (χ0) is 20.7. The first-order valence-electron chi connectivity index (χ1n) is 9.52. The first kappa shape index (κ1) is 21.6. The van der Waals surface area contributed by atoms with Gasteiger partial charge >= 0.3 is 5.97 Å². The molecule has 1 heterocycles. The minimum absolute atomic E-state index is 0.349. The summed E-state index contributed by atoms with van der Waals surface area (Å²) in [7, 11) is 0. The van der Waals surface area contributed by atoms with Gasteiger partial charge in [0.1, 0.15) is 17.1 Å². The number of benzene rings is 2. The van der Waals surface area contributed by atoms with Gasteiger partial charge in [-0.1, -0.05) is 29.7 Å². The van der Waals surface area contributed by atoms with Gasteiger partial charge in [-0.05, 0) is 68.3 Å². The van der Waals surface area contributed by atoms with Crippen LogP contribution >= 0.6 is 23.4 Å². The fourth-order valence-corrected chi connectivity index (χ4v) is 4.84. The van der Waals surface area contributed by atoms with Crippen molar-refractivity contribution in [2.45, 2.75) is 36.0 Å². The molecule has 29 heavy (non-hydrogen) atoms. The molecule has 1 aliphatic rings. The summed E-state index contributed by atoms with van der Waals surface area (Å²) in [6.45, 7) is 4.23. The summed E-state index contributed by atoms with van der Waals surface area (Å²) in [6, 6.07) is 15.3. The highest BCUT2D eigenvalue weighted by Crippen LogP contribution is 2.41. The molecule has 3 rings (SSSR count). The van der Waals surface area contributed by atoms with Crippen LogP contribution in [0.25, 0.3) is 0 Å². The summed E-state index contributed by atoms with van der Waals surface area (Å²) >= 11 is 7.40. The van der Waals surface area contributed by atoms with E-state index >= 15 is 0 Å². The molecule has 0 saturated carbocycles. The summed E-state index contributed by atoms with van der Waals surface area (Å²) in [6.07, 6.45) is 1.50. The number of aliphatic carboxylic acids is 1. The largest absolute Gasteiger partial charge is 0.481 e. The fraction of sp³-hybridized carbons (Fsp3) is 0.348. The molecule has 0 aliphatic carbocycles. The number of halogens is 1. The molecular formula is C23H24ClNO3S. The number of thioether (sulfide) groups is 1. The Morgan fingerprint density at radius 3 is 2.62 bits per heavy atom. The number of carbonyl (C=O) groups is 1. The zero-order valence-electron chi connectivity index (χ0n) is 16.4. The lowest BCUT2D eigenvalue weighted by molar-refractivity contribution is -0.141. The molecule has 1 atom stereocenters. The van der Waals surface area contributed by atoms with Crippen molar-refractivity contribution in [1.29, 1.82) is 0 Å². The van der Waals surface area contributed by atoms with Gasteiger partial charge in [-0.2, -0.15) is 0 Å². The summed E-state index contributed by atoms with van der Waals surface area (Å²) < 4.78 is 4.68. The third-order valence-electron chi connectivity index (χ3n) is 4.87. The van der Waals surface area contributed by atoms with Crippen molar-refractivity contribution in [1.82, 2.24) is 4.90 Å². The Balaban J connectivity index is 1.69. The van der Waals surface area contributed by atoms with Crippen LogP contribution in [0.3, 0.4) is 0 Å². The molecule has 0 aromatic heterocycles. The Hall–Kier alpha value is -2.13. The summed E-state index contributed by atoms with van der Waals surface area (Å²) in [5.41, 5.74) is 1.14. The molecule has 152 valence electrons. The highest BCUT2D eigenvalue weighted by Gasteiger charge is 2.43. The number of ether oxygens (including phenoxy) is 1. The van der Waals surface area contributed by atoms with E-state index in [1.165, 1.54) is 11.8 Å². The maximum absolute atomic E-state index is 12.3. The average Bonchev–Trinajstić information content (AvgIpc) is 2.71. The number of nitrogens with zero attached hydrogens (tertiary/aromatic N) is 1. The van der Waals surface area contributed by atoms with E-state index in [4.69, 9.17) is 16.3 Å².